The monoisotopic (exact) mass is 415 g/mol. The zero-order valence-corrected chi connectivity index (χ0v) is 13.2. The molecule has 0 spiro atoms. The van der Waals surface area contributed by atoms with Crippen molar-refractivity contribution in [1.82, 2.24) is 0 Å². The molecule has 16 heavy (non-hydrogen) atoms. The van der Waals surface area contributed by atoms with Crippen molar-refractivity contribution in [2.45, 2.75) is 6.42 Å². The van der Waals surface area contributed by atoms with Crippen LogP contribution in [-0.4, -0.2) is 19.6 Å². The SMILES string of the molecule is COC(=O)CCN(SI)c1cccc(Br)c1. The molecule has 3 nitrogen and oxygen atoms in total. The molecule has 0 unspecified atom stereocenters. The van der Waals surface area contributed by atoms with Crippen molar-refractivity contribution in [1.29, 1.82) is 0 Å². The van der Waals surface area contributed by atoms with E-state index in [-0.39, 0.29) is 5.97 Å². The molecule has 0 saturated carbocycles. The maximum atomic E-state index is 11.1. The quantitative estimate of drug-likeness (QED) is 0.415. The number of methoxy groups -OCH3 is 1. The molecule has 0 bridgehead atoms. The van der Waals surface area contributed by atoms with E-state index < -0.39 is 0 Å². The number of hydrogen-bond donors (Lipinski definition) is 0. The predicted molar refractivity (Wildman–Crippen MR) is 79.7 cm³/mol. The van der Waals surface area contributed by atoms with Gasteiger partial charge < -0.3 is 9.04 Å². The standard InChI is InChI=1S/C10H11BrINO2S/c1-15-10(14)5-6-13(16-12)9-4-2-3-8(11)7-9/h2-4,7H,5-6H2,1H3. The summed E-state index contributed by atoms with van der Waals surface area (Å²) in [5, 5.41) is 0. The topological polar surface area (TPSA) is 29.5 Å². The van der Waals surface area contributed by atoms with E-state index in [1.54, 1.807) is 9.12 Å². The Balaban J connectivity index is 2.64. The third-order valence-electron chi connectivity index (χ3n) is 1.93. The van der Waals surface area contributed by atoms with Gasteiger partial charge in [-0.3, -0.25) is 4.79 Å². The van der Waals surface area contributed by atoms with E-state index in [0.717, 1.165) is 10.2 Å². The van der Waals surface area contributed by atoms with Crippen LogP contribution in [0.25, 0.3) is 0 Å². The van der Waals surface area contributed by atoms with Gasteiger partial charge in [0.2, 0.25) is 0 Å². The van der Waals surface area contributed by atoms with Gasteiger partial charge >= 0.3 is 5.97 Å². The van der Waals surface area contributed by atoms with Crippen LogP contribution in [0.1, 0.15) is 6.42 Å². The summed E-state index contributed by atoms with van der Waals surface area (Å²) >= 11 is 5.62. The van der Waals surface area contributed by atoms with E-state index in [0.29, 0.717) is 13.0 Å². The molecule has 0 aliphatic rings. The van der Waals surface area contributed by atoms with Crippen molar-refractivity contribution in [3.63, 3.8) is 0 Å². The maximum Gasteiger partial charge on any atom is 0.307 e. The maximum absolute atomic E-state index is 11.1. The lowest BCUT2D eigenvalue weighted by Gasteiger charge is -2.19. The number of carbonyl (C=O) groups excluding carboxylic acids is 1. The minimum atomic E-state index is -0.189. The van der Waals surface area contributed by atoms with Crippen LogP contribution >= 0.6 is 46.3 Å². The number of benzene rings is 1. The van der Waals surface area contributed by atoms with Gasteiger partial charge in [-0.2, -0.15) is 0 Å². The normalized spacial score (nSPS) is 9.94. The van der Waals surface area contributed by atoms with E-state index in [2.05, 4.69) is 41.9 Å². The van der Waals surface area contributed by atoms with E-state index in [9.17, 15) is 4.79 Å². The second kappa shape index (κ2) is 7.39. The van der Waals surface area contributed by atoms with Gasteiger partial charge in [-0.15, -0.1) is 0 Å². The number of halogens is 2. The van der Waals surface area contributed by atoms with Gasteiger partial charge in [0, 0.05) is 47.0 Å². The Kier molecular flexibility index (Phi) is 6.52. The van der Waals surface area contributed by atoms with Gasteiger partial charge in [-0.25, -0.2) is 0 Å². The molecule has 0 aromatic heterocycles. The minimum Gasteiger partial charge on any atom is -0.469 e. The summed E-state index contributed by atoms with van der Waals surface area (Å²) in [6.45, 7) is 0.636. The average Bonchev–Trinajstić information content (AvgIpc) is 2.29. The molecule has 88 valence electrons. The van der Waals surface area contributed by atoms with Crippen LogP contribution in [0, 0.1) is 0 Å². The van der Waals surface area contributed by atoms with Gasteiger partial charge in [0.25, 0.3) is 0 Å². The molecule has 1 rings (SSSR count). The molecule has 1 aromatic rings. The summed E-state index contributed by atoms with van der Waals surface area (Å²) in [7, 11) is 2.96. The number of hydrogen-bond acceptors (Lipinski definition) is 4. The number of nitrogens with zero attached hydrogens (tertiary/aromatic N) is 1. The number of esters is 1. The van der Waals surface area contributed by atoms with Crippen molar-refractivity contribution in [2.24, 2.45) is 0 Å². The van der Waals surface area contributed by atoms with Gasteiger partial charge in [-0.05, 0) is 18.2 Å². The molecule has 0 radical (unpaired) electrons. The third kappa shape index (κ3) is 4.50. The van der Waals surface area contributed by atoms with Crippen LogP contribution in [0.3, 0.4) is 0 Å². The highest BCUT2D eigenvalue weighted by Gasteiger charge is 2.09. The number of rotatable bonds is 5. The summed E-state index contributed by atoms with van der Waals surface area (Å²) in [4.78, 5) is 11.1. The van der Waals surface area contributed by atoms with Crippen molar-refractivity contribution < 1.29 is 9.53 Å². The molecule has 0 N–H and O–H groups in total. The fourth-order valence-corrected chi connectivity index (χ4v) is 3.14. The lowest BCUT2D eigenvalue weighted by molar-refractivity contribution is -0.140. The lowest BCUT2D eigenvalue weighted by Crippen LogP contribution is -2.17. The molecule has 1 aromatic carbocycles. The number of carbonyl (C=O) groups is 1. The van der Waals surface area contributed by atoms with E-state index in [1.165, 1.54) is 7.11 Å². The van der Waals surface area contributed by atoms with Crippen LogP contribution in [0.2, 0.25) is 0 Å². The first-order valence-corrected chi connectivity index (χ1v) is 8.67. The van der Waals surface area contributed by atoms with Crippen LogP contribution in [-0.2, 0) is 9.53 Å². The van der Waals surface area contributed by atoms with Crippen molar-refractivity contribution in [3.05, 3.63) is 28.7 Å². The van der Waals surface area contributed by atoms with Gasteiger partial charge in [0.05, 0.1) is 13.5 Å². The molecular formula is C10H11BrINO2S. The summed E-state index contributed by atoms with van der Waals surface area (Å²) < 4.78 is 7.69. The first-order chi connectivity index (χ1) is 7.67. The van der Waals surface area contributed by atoms with Crippen LogP contribution in [0.15, 0.2) is 28.7 Å². The van der Waals surface area contributed by atoms with E-state index >= 15 is 0 Å². The molecule has 0 aliphatic heterocycles. The van der Waals surface area contributed by atoms with Gasteiger partial charge in [0.15, 0.2) is 0 Å². The van der Waals surface area contributed by atoms with Crippen LogP contribution in [0.5, 0.6) is 0 Å². The lowest BCUT2D eigenvalue weighted by atomic mass is 10.3. The zero-order chi connectivity index (χ0) is 12.0. The Morgan fingerprint density at radius 3 is 2.94 bits per heavy atom. The Hall–Kier alpha value is 0.0500. The molecule has 0 atom stereocenters. The molecule has 6 heteroatoms. The van der Waals surface area contributed by atoms with E-state index in [4.69, 9.17) is 0 Å². The summed E-state index contributed by atoms with van der Waals surface area (Å²) in [5.74, 6) is -0.189. The smallest absolute Gasteiger partial charge is 0.307 e. The molecule has 0 saturated heterocycles. The summed E-state index contributed by atoms with van der Waals surface area (Å²) in [5.41, 5.74) is 1.07. The molecule has 0 amide bonds. The molecular weight excluding hydrogens is 405 g/mol. The Labute approximate surface area is 120 Å². The molecule has 0 heterocycles. The third-order valence-corrected chi connectivity index (χ3v) is 4.41. The van der Waals surface area contributed by atoms with Gasteiger partial charge in [-0.1, -0.05) is 22.0 Å². The van der Waals surface area contributed by atoms with Crippen LogP contribution in [0.4, 0.5) is 5.69 Å². The molecule has 0 fully saturated rings. The molecule has 0 aliphatic carbocycles. The second-order valence-electron chi connectivity index (χ2n) is 2.98. The Morgan fingerprint density at radius 2 is 2.38 bits per heavy atom. The van der Waals surface area contributed by atoms with Crippen LogP contribution < -0.4 is 4.31 Å². The first kappa shape index (κ1) is 14.1. The first-order valence-electron chi connectivity index (χ1n) is 4.56. The fourth-order valence-electron chi connectivity index (χ4n) is 1.13. The fraction of sp³-hybridized carbons (Fsp3) is 0.300. The Bertz CT molecular complexity index is 364. The predicted octanol–water partition coefficient (Wildman–Crippen LogP) is 3.82. The average molecular weight is 416 g/mol. The largest absolute Gasteiger partial charge is 0.469 e. The van der Waals surface area contributed by atoms with E-state index in [1.807, 2.05) is 28.6 Å². The van der Waals surface area contributed by atoms with Crippen molar-refractivity contribution in [3.8, 4) is 0 Å². The second-order valence-corrected chi connectivity index (χ2v) is 5.65. The minimum absolute atomic E-state index is 0.189. The number of anilines is 1. The number of ether oxygens (including phenoxy) is 1. The Morgan fingerprint density at radius 1 is 1.62 bits per heavy atom. The van der Waals surface area contributed by atoms with Crippen molar-refractivity contribution >= 4 is 57.9 Å². The highest BCUT2D eigenvalue weighted by molar-refractivity contribution is 14.2. The van der Waals surface area contributed by atoms with Crippen molar-refractivity contribution in [2.75, 3.05) is 18.0 Å². The highest BCUT2D eigenvalue weighted by atomic mass is 127. The highest BCUT2D eigenvalue weighted by Crippen LogP contribution is 2.29. The summed E-state index contributed by atoms with van der Waals surface area (Å²) in [6, 6.07) is 7.97. The van der Waals surface area contributed by atoms with Gasteiger partial charge in [0.1, 0.15) is 0 Å². The summed E-state index contributed by atoms with van der Waals surface area (Å²) in [6.07, 6.45) is 0.388. The zero-order valence-electron chi connectivity index (χ0n) is 8.65.